The van der Waals surface area contributed by atoms with Crippen molar-refractivity contribution in [1.29, 1.82) is 0 Å². The molecule has 0 saturated carbocycles. The third-order valence-corrected chi connectivity index (χ3v) is 5.77. The van der Waals surface area contributed by atoms with E-state index in [0.29, 0.717) is 22.9 Å². The van der Waals surface area contributed by atoms with Crippen LogP contribution in [0, 0.1) is 13.8 Å². The Labute approximate surface area is 156 Å². The van der Waals surface area contributed by atoms with Crippen LogP contribution in [0.15, 0.2) is 35.1 Å². The molecule has 0 aliphatic heterocycles. The Hall–Kier alpha value is -2.40. The first-order chi connectivity index (χ1) is 12.4. The number of fused-ring (bicyclic) bond motifs is 2. The number of hydrogen-bond donors (Lipinski definition) is 0. The predicted octanol–water partition coefficient (Wildman–Crippen LogP) is 5.10. The average Bonchev–Trinajstić information content (AvgIpc) is 2.60. The highest BCUT2D eigenvalue weighted by Gasteiger charge is 2.18. The second kappa shape index (κ2) is 7.46. The van der Waals surface area contributed by atoms with E-state index in [1.54, 1.807) is 17.4 Å². The molecule has 0 aliphatic carbocycles. The first-order valence-electron chi connectivity index (χ1n) is 8.72. The zero-order valence-electron chi connectivity index (χ0n) is 15.4. The van der Waals surface area contributed by atoms with Gasteiger partial charge in [-0.2, -0.15) is 0 Å². The molecule has 1 unspecified atom stereocenters. The molecule has 0 fully saturated rings. The second-order valence-electron chi connectivity index (χ2n) is 6.37. The summed E-state index contributed by atoms with van der Waals surface area (Å²) in [6.45, 7) is 7.33. The van der Waals surface area contributed by atoms with E-state index >= 15 is 0 Å². The summed E-state index contributed by atoms with van der Waals surface area (Å²) >= 11 is 1.61. The molecule has 0 saturated heterocycles. The number of rotatable bonds is 5. The van der Waals surface area contributed by atoms with Gasteiger partial charge >= 0.3 is 5.97 Å². The van der Waals surface area contributed by atoms with Gasteiger partial charge in [-0.25, -0.2) is 0 Å². The van der Waals surface area contributed by atoms with Crippen molar-refractivity contribution in [3.05, 3.63) is 51.7 Å². The molecule has 1 atom stereocenters. The molecule has 3 rings (SSSR count). The van der Waals surface area contributed by atoms with Crippen LogP contribution in [0.25, 0.3) is 20.2 Å². The van der Waals surface area contributed by atoms with Gasteiger partial charge in [0, 0.05) is 33.5 Å². The normalized spacial score (nSPS) is 12.3. The molecule has 1 heterocycles. The third-order valence-electron chi connectivity index (χ3n) is 4.46. The summed E-state index contributed by atoms with van der Waals surface area (Å²) in [5, 5.41) is 1.36. The van der Waals surface area contributed by atoms with E-state index in [2.05, 4.69) is 0 Å². The molecular weight excluding hydrogens is 348 g/mol. The minimum Gasteiger partial charge on any atom is -0.454 e. The van der Waals surface area contributed by atoms with E-state index in [1.807, 2.05) is 45.0 Å². The van der Waals surface area contributed by atoms with Gasteiger partial charge in [-0.15, -0.1) is 11.3 Å². The molecule has 0 N–H and O–H groups in total. The number of ether oxygens (including phenoxy) is 2. The van der Waals surface area contributed by atoms with E-state index in [1.165, 1.54) is 6.92 Å². The standard InChI is InChI=1S/C21H22O4S/c1-5-8-19(24-14(4)22)25-17-11-16-20(23)15-9-6-7-10-18(15)26-21(16)13(3)12(17)2/h6-7,9-11,19H,5,8H2,1-4H3. The number of benzene rings is 2. The number of hydrogen-bond acceptors (Lipinski definition) is 5. The smallest absolute Gasteiger partial charge is 0.305 e. The van der Waals surface area contributed by atoms with Crippen LogP contribution in [0.3, 0.4) is 0 Å². The van der Waals surface area contributed by atoms with Crippen molar-refractivity contribution in [2.45, 2.75) is 46.8 Å². The van der Waals surface area contributed by atoms with Gasteiger partial charge in [0.15, 0.2) is 5.43 Å². The Bertz CT molecular complexity index is 1040. The summed E-state index contributed by atoms with van der Waals surface area (Å²) in [5.74, 6) is 0.214. The van der Waals surface area contributed by atoms with Crippen LogP contribution in [0.4, 0.5) is 0 Å². The Balaban J connectivity index is 2.16. The maximum absolute atomic E-state index is 13.0. The lowest BCUT2D eigenvalue weighted by Gasteiger charge is -2.21. The average molecular weight is 370 g/mol. The van der Waals surface area contributed by atoms with Gasteiger partial charge in [0.25, 0.3) is 0 Å². The topological polar surface area (TPSA) is 52.6 Å². The Kier molecular flexibility index (Phi) is 5.28. The lowest BCUT2D eigenvalue weighted by molar-refractivity contribution is -0.161. The molecule has 136 valence electrons. The van der Waals surface area contributed by atoms with Crippen molar-refractivity contribution < 1.29 is 14.3 Å². The van der Waals surface area contributed by atoms with Gasteiger partial charge in [0.05, 0.1) is 0 Å². The molecule has 0 amide bonds. The predicted molar refractivity (Wildman–Crippen MR) is 106 cm³/mol. The van der Waals surface area contributed by atoms with Crippen LogP contribution in [0.5, 0.6) is 5.75 Å². The molecule has 26 heavy (non-hydrogen) atoms. The Morgan fingerprint density at radius 2 is 1.88 bits per heavy atom. The molecule has 3 aromatic rings. The summed E-state index contributed by atoms with van der Waals surface area (Å²) in [6, 6.07) is 9.42. The minimum absolute atomic E-state index is 0.00169. The van der Waals surface area contributed by atoms with Crippen LogP contribution < -0.4 is 10.2 Å². The fraction of sp³-hybridized carbons (Fsp3) is 0.333. The van der Waals surface area contributed by atoms with Crippen LogP contribution in [0.1, 0.15) is 37.8 Å². The number of esters is 1. The summed E-state index contributed by atoms with van der Waals surface area (Å²) < 4.78 is 13.2. The van der Waals surface area contributed by atoms with Crippen molar-refractivity contribution in [2.24, 2.45) is 0 Å². The molecule has 0 radical (unpaired) electrons. The molecule has 0 aliphatic rings. The number of carbonyl (C=O) groups is 1. The van der Waals surface area contributed by atoms with Crippen molar-refractivity contribution in [3.8, 4) is 5.75 Å². The van der Waals surface area contributed by atoms with Crippen LogP contribution >= 0.6 is 11.3 Å². The number of carbonyl (C=O) groups excluding carboxylic acids is 1. The van der Waals surface area contributed by atoms with Crippen molar-refractivity contribution >= 4 is 37.5 Å². The molecular formula is C21H22O4S. The van der Waals surface area contributed by atoms with Gasteiger partial charge in [0.2, 0.25) is 6.29 Å². The first-order valence-corrected chi connectivity index (χ1v) is 9.53. The molecule has 0 spiro atoms. The van der Waals surface area contributed by atoms with Gasteiger partial charge in [0.1, 0.15) is 5.75 Å². The second-order valence-corrected chi connectivity index (χ2v) is 7.43. The fourth-order valence-electron chi connectivity index (χ4n) is 2.99. The molecule has 5 heteroatoms. The summed E-state index contributed by atoms with van der Waals surface area (Å²) in [4.78, 5) is 24.3. The highest BCUT2D eigenvalue weighted by Crippen LogP contribution is 2.34. The third kappa shape index (κ3) is 3.44. The first kappa shape index (κ1) is 18.4. The lowest BCUT2D eigenvalue weighted by Crippen LogP contribution is -2.23. The van der Waals surface area contributed by atoms with E-state index < -0.39 is 6.29 Å². The molecule has 1 aromatic heterocycles. The van der Waals surface area contributed by atoms with E-state index in [9.17, 15) is 9.59 Å². The van der Waals surface area contributed by atoms with Crippen molar-refractivity contribution in [1.82, 2.24) is 0 Å². The Morgan fingerprint density at radius 3 is 2.58 bits per heavy atom. The fourth-order valence-corrected chi connectivity index (χ4v) is 4.19. The zero-order chi connectivity index (χ0) is 18.8. The van der Waals surface area contributed by atoms with E-state index in [0.717, 1.165) is 26.9 Å². The highest BCUT2D eigenvalue weighted by molar-refractivity contribution is 7.24. The minimum atomic E-state index is -0.646. The van der Waals surface area contributed by atoms with Crippen LogP contribution in [0.2, 0.25) is 0 Å². The Morgan fingerprint density at radius 1 is 1.15 bits per heavy atom. The largest absolute Gasteiger partial charge is 0.454 e. The molecule has 2 aromatic carbocycles. The van der Waals surface area contributed by atoms with Gasteiger partial charge in [-0.05, 0) is 49.6 Å². The highest BCUT2D eigenvalue weighted by atomic mass is 32.1. The van der Waals surface area contributed by atoms with Gasteiger partial charge < -0.3 is 9.47 Å². The lowest BCUT2D eigenvalue weighted by atomic mass is 10.0. The quantitative estimate of drug-likeness (QED) is 0.356. The van der Waals surface area contributed by atoms with Crippen LogP contribution in [-0.2, 0) is 9.53 Å². The number of aryl methyl sites for hydroxylation is 1. The molecule has 4 nitrogen and oxygen atoms in total. The molecule has 0 bridgehead atoms. The summed E-state index contributed by atoms with van der Waals surface area (Å²) in [5.41, 5.74) is 1.97. The summed E-state index contributed by atoms with van der Waals surface area (Å²) in [6.07, 6.45) is 0.774. The van der Waals surface area contributed by atoms with Crippen molar-refractivity contribution in [3.63, 3.8) is 0 Å². The zero-order valence-corrected chi connectivity index (χ0v) is 16.2. The SMILES string of the molecule is CCCC(OC(C)=O)Oc1cc2c(=O)c3ccccc3sc2c(C)c1C. The maximum atomic E-state index is 13.0. The van der Waals surface area contributed by atoms with E-state index in [-0.39, 0.29) is 11.4 Å². The monoisotopic (exact) mass is 370 g/mol. The summed E-state index contributed by atoms with van der Waals surface area (Å²) in [7, 11) is 0. The van der Waals surface area contributed by atoms with Crippen molar-refractivity contribution in [2.75, 3.05) is 0 Å². The van der Waals surface area contributed by atoms with E-state index in [4.69, 9.17) is 9.47 Å². The van der Waals surface area contributed by atoms with Gasteiger partial charge in [-0.3, -0.25) is 9.59 Å². The maximum Gasteiger partial charge on any atom is 0.305 e. The van der Waals surface area contributed by atoms with Crippen LogP contribution in [-0.4, -0.2) is 12.3 Å². The van der Waals surface area contributed by atoms with Gasteiger partial charge in [-0.1, -0.05) is 19.1 Å².